The van der Waals surface area contributed by atoms with Gasteiger partial charge < -0.3 is 15.0 Å². The molecule has 17 heavy (non-hydrogen) atoms. The number of nitrogens with one attached hydrogen (secondary N) is 1. The van der Waals surface area contributed by atoms with Crippen molar-refractivity contribution < 1.29 is 14.3 Å². The summed E-state index contributed by atoms with van der Waals surface area (Å²) in [5.74, 6) is -0.168. The molecule has 0 bridgehead atoms. The Morgan fingerprint density at radius 1 is 1.47 bits per heavy atom. The van der Waals surface area contributed by atoms with E-state index in [1.807, 2.05) is 0 Å². The molecule has 0 aliphatic carbocycles. The predicted molar refractivity (Wildman–Crippen MR) is 64.5 cm³/mol. The van der Waals surface area contributed by atoms with Crippen molar-refractivity contribution in [3.05, 3.63) is 0 Å². The first-order valence-electron chi connectivity index (χ1n) is 6.13. The summed E-state index contributed by atoms with van der Waals surface area (Å²) in [5, 5.41) is 2.70. The topological polar surface area (TPSA) is 58.6 Å². The van der Waals surface area contributed by atoms with E-state index in [4.69, 9.17) is 4.74 Å². The van der Waals surface area contributed by atoms with E-state index in [0.717, 1.165) is 25.9 Å². The largest absolute Gasteiger partial charge is 0.378 e. The Hall–Kier alpha value is -1.10. The SMILES string of the molecule is C[C@@H](NC(=O)CC[C@H]1CCCO1)C(=O)N(C)C. The van der Waals surface area contributed by atoms with Crippen LogP contribution in [-0.2, 0) is 14.3 Å². The van der Waals surface area contributed by atoms with Gasteiger partial charge in [0.2, 0.25) is 11.8 Å². The predicted octanol–water partition coefficient (Wildman–Crippen LogP) is 0.539. The van der Waals surface area contributed by atoms with Gasteiger partial charge >= 0.3 is 0 Å². The summed E-state index contributed by atoms with van der Waals surface area (Å²) in [4.78, 5) is 24.6. The van der Waals surface area contributed by atoms with E-state index >= 15 is 0 Å². The highest BCUT2D eigenvalue weighted by Crippen LogP contribution is 2.16. The number of hydrogen-bond acceptors (Lipinski definition) is 3. The van der Waals surface area contributed by atoms with E-state index in [2.05, 4.69) is 5.32 Å². The van der Waals surface area contributed by atoms with Crippen LogP contribution in [-0.4, -0.2) is 49.6 Å². The van der Waals surface area contributed by atoms with Crippen LogP contribution in [0.15, 0.2) is 0 Å². The normalized spacial score (nSPS) is 21.0. The minimum absolute atomic E-state index is 0.0804. The number of rotatable bonds is 5. The van der Waals surface area contributed by atoms with E-state index in [1.54, 1.807) is 21.0 Å². The molecule has 0 spiro atoms. The van der Waals surface area contributed by atoms with Gasteiger partial charge in [0.15, 0.2) is 0 Å². The molecule has 1 heterocycles. The second-order valence-electron chi connectivity index (χ2n) is 4.70. The van der Waals surface area contributed by atoms with Gasteiger partial charge in [0.05, 0.1) is 6.10 Å². The number of likely N-dealkylation sites (N-methyl/N-ethyl adjacent to an activating group) is 1. The van der Waals surface area contributed by atoms with Gasteiger partial charge in [-0.05, 0) is 26.2 Å². The van der Waals surface area contributed by atoms with Gasteiger partial charge in [-0.3, -0.25) is 9.59 Å². The third-order valence-electron chi connectivity index (χ3n) is 2.91. The van der Waals surface area contributed by atoms with E-state index in [-0.39, 0.29) is 17.9 Å². The number of ether oxygens (including phenoxy) is 1. The fraction of sp³-hybridized carbons (Fsp3) is 0.833. The average Bonchev–Trinajstić information content (AvgIpc) is 2.77. The molecule has 98 valence electrons. The molecule has 0 aromatic carbocycles. The molecular weight excluding hydrogens is 220 g/mol. The van der Waals surface area contributed by atoms with Crippen molar-refractivity contribution in [2.45, 2.75) is 44.8 Å². The van der Waals surface area contributed by atoms with E-state index in [9.17, 15) is 9.59 Å². The number of carbonyl (C=O) groups excluding carboxylic acids is 2. The quantitative estimate of drug-likeness (QED) is 0.765. The maximum Gasteiger partial charge on any atom is 0.244 e. The average molecular weight is 242 g/mol. The van der Waals surface area contributed by atoms with Crippen molar-refractivity contribution in [1.82, 2.24) is 10.2 Å². The van der Waals surface area contributed by atoms with Crippen LogP contribution in [0.4, 0.5) is 0 Å². The van der Waals surface area contributed by atoms with Crippen molar-refractivity contribution in [1.29, 1.82) is 0 Å². The first-order valence-corrected chi connectivity index (χ1v) is 6.13. The molecule has 1 rings (SSSR count). The zero-order valence-electron chi connectivity index (χ0n) is 10.9. The molecule has 0 saturated carbocycles. The summed E-state index contributed by atoms with van der Waals surface area (Å²) in [7, 11) is 3.36. The molecule has 0 aromatic heterocycles. The maximum absolute atomic E-state index is 11.6. The fourth-order valence-electron chi connectivity index (χ4n) is 1.93. The van der Waals surface area contributed by atoms with Crippen molar-refractivity contribution in [2.24, 2.45) is 0 Å². The molecule has 1 aliphatic rings. The number of hydrogen-bond donors (Lipinski definition) is 1. The lowest BCUT2D eigenvalue weighted by molar-refractivity contribution is -0.134. The van der Waals surface area contributed by atoms with Crippen molar-refractivity contribution in [3.8, 4) is 0 Å². The van der Waals surface area contributed by atoms with Gasteiger partial charge in [-0.2, -0.15) is 0 Å². The Balaban J connectivity index is 2.21. The van der Waals surface area contributed by atoms with Gasteiger partial charge in [-0.1, -0.05) is 0 Å². The van der Waals surface area contributed by atoms with Crippen LogP contribution in [0.3, 0.4) is 0 Å². The Bertz CT molecular complexity index is 273. The van der Waals surface area contributed by atoms with Gasteiger partial charge in [0, 0.05) is 27.1 Å². The van der Waals surface area contributed by atoms with Gasteiger partial charge in [0.1, 0.15) is 6.04 Å². The molecule has 1 aliphatic heterocycles. The van der Waals surface area contributed by atoms with Gasteiger partial charge in [-0.15, -0.1) is 0 Å². The molecule has 0 aromatic rings. The van der Waals surface area contributed by atoms with Crippen molar-refractivity contribution in [2.75, 3.05) is 20.7 Å². The monoisotopic (exact) mass is 242 g/mol. The lowest BCUT2D eigenvalue weighted by atomic mass is 10.1. The molecule has 1 fully saturated rings. The maximum atomic E-state index is 11.6. The molecule has 2 atom stereocenters. The lowest BCUT2D eigenvalue weighted by Crippen LogP contribution is -2.44. The summed E-state index contributed by atoms with van der Waals surface area (Å²) in [6.45, 7) is 2.51. The van der Waals surface area contributed by atoms with Crippen molar-refractivity contribution in [3.63, 3.8) is 0 Å². The van der Waals surface area contributed by atoms with Crippen LogP contribution < -0.4 is 5.32 Å². The van der Waals surface area contributed by atoms with Crippen LogP contribution in [0.25, 0.3) is 0 Å². The summed E-state index contributed by atoms with van der Waals surface area (Å²) in [5.41, 5.74) is 0. The van der Waals surface area contributed by atoms with E-state index in [0.29, 0.717) is 6.42 Å². The minimum Gasteiger partial charge on any atom is -0.378 e. The van der Waals surface area contributed by atoms with Crippen LogP contribution in [0.2, 0.25) is 0 Å². The first kappa shape index (κ1) is 14.0. The zero-order valence-corrected chi connectivity index (χ0v) is 10.9. The molecule has 1 saturated heterocycles. The van der Waals surface area contributed by atoms with Crippen molar-refractivity contribution >= 4 is 11.8 Å². The highest BCUT2D eigenvalue weighted by atomic mass is 16.5. The zero-order chi connectivity index (χ0) is 12.8. The number of nitrogens with zero attached hydrogens (tertiary/aromatic N) is 1. The number of amides is 2. The molecule has 0 unspecified atom stereocenters. The van der Waals surface area contributed by atoms with Crippen LogP contribution in [0.1, 0.15) is 32.6 Å². The Morgan fingerprint density at radius 2 is 2.18 bits per heavy atom. The fourth-order valence-corrected chi connectivity index (χ4v) is 1.93. The second-order valence-corrected chi connectivity index (χ2v) is 4.70. The summed E-state index contributed by atoms with van der Waals surface area (Å²) in [6.07, 6.45) is 3.52. The smallest absolute Gasteiger partial charge is 0.244 e. The summed E-state index contributed by atoms with van der Waals surface area (Å²) >= 11 is 0. The molecule has 2 amide bonds. The van der Waals surface area contributed by atoms with E-state index < -0.39 is 6.04 Å². The third kappa shape index (κ3) is 4.73. The molecule has 0 radical (unpaired) electrons. The first-order chi connectivity index (χ1) is 8.00. The molecular formula is C12H22N2O3. The Morgan fingerprint density at radius 3 is 2.71 bits per heavy atom. The summed E-state index contributed by atoms with van der Waals surface area (Å²) < 4.78 is 5.44. The third-order valence-corrected chi connectivity index (χ3v) is 2.91. The lowest BCUT2D eigenvalue weighted by Gasteiger charge is -2.18. The van der Waals surface area contributed by atoms with Crippen LogP contribution in [0, 0.1) is 0 Å². The number of carbonyl (C=O) groups is 2. The molecule has 1 N–H and O–H groups in total. The highest BCUT2D eigenvalue weighted by Gasteiger charge is 2.19. The Kier molecular flexibility index (Phi) is 5.41. The van der Waals surface area contributed by atoms with Crippen LogP contribution >= 0.6 is 0 Å². The molecule has 5 nitrogen and oxygen atoms in total. The summed E-state index contributed by atoms with van der Waals surface area (Å²) in [6, 6.07) is -0.456. The second kappa shape index (κ2) is 6.59. The Labute approximate surface area is 102 Å². The van der Waals surface area contributed by atoms with Gasteiger partial charge in [-0.25, -0.2) is 0 Å². The highest BCUT2D eigenvalue weighted by molar-refractivity contribution is 5.86. The minimum atomic E-state index is -0.456. The standard InChI is InChI=1S/C12H22N2O3/c1-9(12(16)14(2)3)13-11(15)7-6-10-5-4-8-17-10/h9-10H,4-8H2,1-3H3,(H,13,15)/t9-,10-/m1/s1. The molecule has 5 heteroatoms. The van der Waals surface area contributed by atoms with Gasteiger partial charge in [0.25, 0.3) is 0 Å². The van der Waals surface area contributed by atoms with Crippen LogP contribution in [0.5, 0.6) is 0 Å². The van der Waals surface area contributed by atoms with E-state index in [1.165, 1.54) is 4.90 Å².